The monoisotopic (exact) mass is 311 g/mol. The van der Waals surface area contributed by atoms with Crippen LogP contribution in [0.2, 0.25) is 0 Å². The highest BCUT2D eigenvalue weighted by atomic mass is 19.1. The molecule has 0 aliphatic carbocycles. The Morgan fingerprint density at radius 3 is 2.70 bits per heavy atom. The van der Waals surface area contributed by atoms with Crippen LogP contribution in [0.3, 0.4) is 0 Å². The largest absolute Gasteiger partial charge is 0.494 e. The Hall–Kier alpha value is -2.80. The molecule has 0 radical (unpaired) electrons. The van der Waals surface area contributed by atoms with Gasteiger partial charge in [0.1, 0.15) is 0 Å². The number of nitrogens with one attached hydrogen (secondary N) is 1. The van der Waals surface area contributed by atoms with Crippen LogP contribution in [0.5, 0.6) is 5.75 Å². The van der Waals surface area contributed by atoms with Gasteiger partial charge < -0.3 is 10.1 Å². The lowest BCUT2D eigenvalue weighted by Gasteiger charge is -2.05. The molecule has 2 aromatic rings. The van der Waals surface area contributed by atoms with Gasteiger partial charge in [0.25, 0.3) is 0 Å². The summed E-state index contributed by atoms with van der Waals surface area (Å²) < 4.78 is 18.4. The third-order valence-electron chi connectivity index (χ3n) is 3.24. The molecule has 0 unspecified atom stereocenters. The van der Waals surface area contributed by atoms with E-state index in [1.807, 2.05) is 30.3 Å². The Balaban J connectivity index is 1.75. The summed E-state index contributed by atoms with van der Waals surface area (Å²) in [6.07, 6.45) is 0.762. The molecule has 3 nitrogen and oxygen atoms in total. The second-order valence-electron chi connectivity index (χ2n) is 4.91. The van der Waals surface area contributed by atoms with E-state index in [1.54, 1.807) is 12.1 Å². The highest BCUT2D eigenvalue weighted by Gasteiger charge is 2.05. The van der Waals surface area contributed by atoms with Crippen LogP contribution in [0, 0.1) is 17.7 Å². The standard InChI is InChI=1S/C19H18FNO2/c1-23-18-11-9-16(14-17(18)20)10-12-19(22)21-13-5-8-15-6-3-2-4-7-15/h2-4,6-7,9,11,14H,10,12-13H2,1H3,(H,21,22). The van der Waals surface area contributed by atoms with Gasteiger partial charge in [-0.2, -0.15) is 0 Å². The van der Waals surface area contributed by atoms with Crippen molar-refractivity contribution in [1.29, 1.82) is 0 Å². The topological polar surface area (TPSA) is 38.3 Å². The van der Waals surface area contributed by atoms with E-state index in [9.17, 15) is 9.18 Å². The average molecular weight is 311 g/mol. The Morgan fingerprint density at radius 2 is 2.00 bits per heavy atom. The smallest absolute Gasteiger partial charge is 0.221 e. The van der Waals surface area contributed by atoms with E-state index in [1.165, 1.54) is 13.2 Å². The first-order valence-corrected chi connectivity index (χ1v) is 7.32. The highest BCUT2D eigenvalue weighted by Crippen LogP contribution is 2.18. The van der Waals surface area contributed by atoms with Crippen LogP contribution in [0.1, 0.15) is 17.5 Å². The molecule has 4 heteroatoms. The van der Waals surface area contributed by atoms with Gasteiger partial charge in [-0.25, -0.2) is 4.39 Å². The Morgan fingerprint density at radius 1 is 1.22 bits per heavy atom. The average Bonchev–Trinajstić information content (AvgIpc) is 2.58. The van der Waals surface area contributed by atoms with Crippen LogP contribution in [-0.2, 0) is 11.2 Å². The van der Waals surface area contributed by atoms with Crippen LogP contribution in [0.25, 0.3) is 0 Å². The summed E-state index contributed by atoms with van der Waals surface area (Å²) in [5.74, 6) is 5.54. The second-order valence-corrected chi connectivity index (χ2v) is 4.91. The molecule has 0 saturated carbocycles. The van der Waals surface area contributed by atoms with Gasteiger partial charge in [0, 0.05) is 12.0 Å². The molecule has 0 spiro atoms. The molecule has 0 aliphatic heterocycles. The normalized spacial score (nSPS) is 9.65. The van der Waals surface area contributed by atoms with E-state index in [0.29, 0.717) is 19.4 Å². The van der Waals surface area contributed by atoms with Crippen LogP contribution in [0.4, 0.5) is 4.39 Å². The summed E-state index contributed by atoms with van der Waals surface area (Å²) in [5.41, 5.74) is 1.67. The van der Waals surface area contributed by atoms with Crippen molar-refractivity contribution in [2.75, 3.05) is 13.7 Å². The molecule has 118 valence electrons. The third kappa shape index (κ3) is 5.48. The van der Waals surface area contributed by atoms with Crippen molar-refractivity contribution in [1.82, 2.24) is 5.32 Å². The van der Waals surface area contributed by atoms with Gasteiger partial charge in [-0.15, -0.1) is 0 Å². The molecular weight excluding hydrogens is 293 g/mol. The number of methoxy groups -OCH3 is 1. The number of carbonyl (C=O) groups is 1. The first-order valence-electron chi connectivity index (χ1n) is 7.32. The maximum atomic E-state index is 13.5. The molecular formula is C19H18FNO2. The minimum Gasteiger partial charge on any atom is -0.494 e. The fraction of sp³-hybridized carbons (Fsp3) is 0.211. The number of hydrogen-bond donors (Lipinski definition) is 1. The molecule has 0 saturated heterocycles. The van der Waals surface area contributed by atoms with Gasteiger partial charge >= 0.3 is 0 Å². The molecule has 0 atom stereocenters. The lowest BCUT2D eigenvalue weighted by Crippen LogP contribution is -2.23. The summed E-state index contributed by atoms with van der Waals surface area (Å²) in [6, 6.07) is 14.3. The van der Waals surface area contributed by atoms with E-state index in [-0.39, 0.29) is 11.7 Å². The highest BCUT2D eigenvalue weighted by molar-refractivity contribution is 5.76. The van der Waals surface area contributed by atoms with Crippen molar-refractivity contribution in [2.45, 2.75) is 12.8 Å². The predicted molar refractivity (Wildman–Crippen MR) is 87.6 cm³/mol. The van der Waals surface area contributed by atoms with Crippen LogP contribution in [-0.4, -0.2) is 19.6 Å². The van der Waals surface area contributed by atoms with Gasteiger partial charge in [-0.1, -0.05) is 36.1 Å². The first-order chi connectivity index (χ1) is 11.2. The molecule has 1 amide bonds. The zero-order valence-electron chi connectivity index (χ0n) is 12.9. The molecule has 23 heavy (non-hydrogen) atoms. The van der Waals surface area contributed by atoms with Crippen molar-refractivity contribution in [3.8, 4) is 17.6 Å². The van der Waals surface area contributed by atoms with Crippen LogP contribution < -0.4 is 10.1 Å². The van der Waals surface area contributed by atoms with Gasteiger partial charge in [-0.05, 0) is 36.2 Å². The summed E-state index contributed by atoms with van der Waals surface area (Å²) in [6.45, 7) is 0.296. The summed E-state index contributed by atoms with van der Waals surface area (Å²) in [5, 5.41) is 2.73. The van der Waals surface area contributed by atoms with Gasteiger partial charge in [0.15, 0.2) is 11.6 Å². The molecule has 1 N–H and O–H groups in total. The molecule has 0 heterocycles. The Labute approximate surface area is 135 Å². The Kier molecular flexibility index (Phi) is 6.19. The summed E-state index contributed by atoms with van der Waals surface area (Å²) >= 11 is 0. The summed E-state index contributed by atoms with van der Waals surface area (Å²) in [4.78, 5) is 11.7. The lowest BCUT2D eigenvalue weighted by atomic mass is 10.1. The third-order valence-corrected chi connectivity index (χ3v) is 3.24. The maximum Gasteiger partial charge on any atom is 0.221 e. The summed E-state index contributed by atoms with van der Waals surface area (Å²) in [7, 11) is 1.42. The fourth-order valence-corrected chi connectivity index (χ4v) is 2.02. The predicted octanol–water partition coefficient (Wildman–Crippen LogP) is 2.93. The van der Waals surface area contributed by atoms with E-state index in [4.69, 9.17) is 4.74 Å². The zero-order chi connectivity index (χ0) is 16.5. The number of halogens is 1. The molecule has 2 rings (SSSR count). The van der Waals surface area contributed by atoms with Crippen molar-refractivity contribution in [3.05, 3.63) is 65.5 Å². The fourth-order valence-electron chi connectivity index (χ4n) is 2.02. The van der Waals surface area contributed by atoms with Crippen LogP contribution >= 0.6 is 0 Å². The number of rotatable bonds is 5. The zero-order valence-corrected chi connectivity index (χ0v) is 12.9. The molecule has 2 aromatic carbocycles. The number of benzene rings is 2. The SMILES string of the molecule is COc1ccc(CCC(=O)NCC#Cc2ccccc2)cc1F. The van der Waals surface area contributed by atoms with Gasteiger partial charge in [-0.3, -0.25) is 4.79 Å². The van der Waals surface area contributed by atoms with E-state index in [2.05, 4.69) is 17.2 Å². The van der Waals surface area contributed by atoms with Crippen molar-refractivity contribution < 1.29 is 13.9 Å². The maximum absolute atomic E-state index is 13.5. The van der Waals surface area contributed by atoms with E-state index in [0.717, 1.165) is 11.1 Å². The number of hydrogen-bond acceptors (Lipinski definition) is 2. The van der Waals surface area contributed by atoms with E-state index < -0.39 is 5.82 Å². The minimum absolute atomic E-state index is 0.108. The van der Waals surface area contributed by atoms with E-state index >= 15 is 0 Å². The number of amides is 1. The quantitative estimate of drug-likeness (QED) is 0.862. The second kappa shape index (κ2) is 8.60. The van der Waals surface area contributed by atoms with Gasteiger partial charge in [0.05, 0.1) is 13.7 Å². The molecule has 0 fully saturated rings. The Bertz CT molecular complexity index is 717. The van der Waals surface area contributed by atoms with Crippen LogP contribution in [0.15, 0.2) is 48.5 Å². The number of carbonyl (C=O) groups excluding carboxylic acids is 1. The number of ether oxygens (including phenoxy) is 1. The van der Waals surface area contributed by atoms with Crippen molar-refractivity contribution in [3.63, 3.8) is 0 Å². The molecule has 0 aromatic heterocycles. The minimum atomic E-state index is -0.417. The van der Waals surface area contributed by atoms with Crippen molar-refractivity contribution >= 4 is 5.91 Å². The van der Waals surface area contributed by atoms with Gasteiger partial charge in [0.2, 0.25) is 5.91 Å². The molecule has 0 aliphatic rings. The lowest BCUT2D eigenvalue weighted by molar-refractivity contribution is -0.120. The first kappa shape index (κ1) is 16.6. The number of aryl methyl sites for hydroxylation is 1. The van der Waals surface area contributed by atoms with Crippen molar-refractivity contribution in [2.24, 2.45) is 0 Å². The molecule has 0 bridgehead atoms.